The highest BCUT2D eigenvalue weighted by atomic mass is 14.8. The van der Waals surface area contributed by atoms with E-state index in [1.165, 1.54) is 27.8 Å². The molecule has 2 rings (SSSR count). The Bertz CT molecular complexity index is 651. The Morgan fingerprint density at radius 2 is 1.52 bits per heavy atom. The summed E-state index contributed by atoms with van der Waals surface area (Å²) in [7, 11) is 1.92. The van der Waals surface area contributed by atoms with Gasteiger partial charge in [-0.05, 0) is 60.4 Å². The monoisotopic (exact) mass is 307 g/mol. The summed E-state index contributed by atoms with van der Waals surface area (Å²) in [6, 6.07) is 17.1. The van der Waals surface area contributed by atoms with Crippen molar-refractivity contribution >= 4 is 5.57 Å². The summed E-state index contributed by atoms with van der Waals surface area (Å²) in [6.45, 7) is 8.32. The number of allylic oxidation sites excluding steroid dienone is 3. The van der Waals surface area contributed by atoms with E-state index >= 15 is 0 Å². The minimum Gasteiger partial charge on any atom is -0.394 e. The molecule has 1 N–H and O–H groups in total. The maximum Gasteiger partial charge on any atom is 0.00277 e. The van der Waals surface area contributed by atoms with E-state index in [2.05, 4.69) is 79.8 Å². The van der Waals surface area contributed by atoms with Crippen LogP contribution < -0.4 is 5.32 Å². The predicted octanol–water partition coefficient (Wildman–Crippen LogP) is 5.69. The second-order valence-corrected chi connectivity index (χ2v) is 5.23. The number of nitrogens with one attached hydrogen (secondary N) is 1. The standard InChI is InChI=1S/C20H23N.C2H6/c1-16-8-4-6-10-18(16)12-13-19(14-15-21-3)20-11-7-5-9-17(20)2;1-2/h4-11,13-15,21H,12H2,1-3H3;1-2H3/b15-14-,19-13+;. The molecule has 23 heavy (non-hydrogen) atoms. The summed E-state index contributed by atoms with van der Waals surface area (Å²) in [5, 5.41) is 3.08. The number of aryl methyl sites for hydroxylation is 2. The van der Waals surface area contributed by atoms with Gasteiger partial charge in [-0.2, -0.15) is 0 Å². The van der Waals surface area contributed by atoms with Crippen molar-refractivity contribution in [2.45, 2.75) is 34.1 Å². The molecule has 2 aromatic carbocycles. The lowest BCUT2D eigenvalue weighted by Crippen LogP contribution is -1.94. The van der Waals surface area contributed by atoms with Gasteiger partial charge in [0.1, 0.15) is 0 Å². The molecule has 122 valence electrons. The summed E-state index contributed by atoms with van der Waals surface area (Å²) >= 11 is 0. The average molecular weight is 307 g/mol. The predicted molar refractivity (Wildman–Crippen MR) is 104 cm³/mol. The molecule has 0 aromatic heterocycles. The van der Waals surface area contributed by atoms with Crippen molar-refractivity contribution in [3.05, 3.63) is 89.1 Å². The highest BCUT2D eigenvalue weighted by molar-refractivity contribution is 5.76. The topological polar surface area (TPSA) is 12.0 Å². The molecule has 0 aliphatic carbocycles. The summed E-state index contributed by atoms with van der Waals surface area (Å²) in [5.41, 5.74) is 6.56. The van der Waals surface area contributed by atoms with Gasteiger partial charge in [-0.25, -0.2) is 0 Å². The molecule has 0 bridgehead atoms. The zero-order chi connectivity index (χ0) is 17.1. The maximum atomic E-state index is 3.08. The Hall–Kier alpha value is -2.28. The third-order valence-electron chi connectivity index (χ3n) is 3.69. The van der Waals surface area contributed by atoms with E-state index in [1.54, 1.807) is 0 Å². The minimum absolute atomic E-state index is 0.949. The zero-order valence-corrected chi connectivity index (χ0v) is 15.1. The Morgan fingerprint density at radius 1 is 0.913 bits per heavy atom. The van der Waals surface area contributed by atoms with Crippen LogP contribution in [0, 0.1) is 13.8 Å². The summed E-state index contributed by atoms with van der Waals surface area (Å²) in [4.78, 5) is 0. The molecule has 0 fully saturated rings. The van der Waals surface area contributed by atoms with Crippen molar-refractivity contribution in [3.63, 3.8) is 0 Å². The molecule has 0 saturated heterocycles. The van der Waals surface area contributed by atoms with Crippen LogP contribution in [0.4, 0.5) is 0 Å². The van der Waals surface area contributed by atoms with Crippen LogP contribution in [0.2, 0.25) is 0 Å². The van der Waals surface area contributed by atoms with Crippen LogP contribution in [0.5, 0.6) is 0 Å². The molecule has 0 unspecified atom stereocenters. The van der Waals surface area contributed by atoms with E-state index in [1.807, 2.05) is 27.1 Å². The first-order valence-electron chi connectivity index (χ1n) is 8.37. The Labute approximate surface area is 141 Å². The van der Waals surface area contributed by atoms with E-state index in [-0.39, 0.29) is 0 Å². The molecule has 0 atom stereocenters. The lowest BCUT2D eigenvalue weighted by Gasteiger charge is -2.08. The normalized spacial score (nSPS) is 11.1. The quantitative estimate of drug-likeness (QED) is 0.700. The van der Waals surface area contributed by atoms with Gasteiger partial charge < -0.3 is 5.32 Å². The first kappa shape index (κ1) is 18.8. The first-order chi connectivity index (χ1) is 11.2. The Balaban J connectivity index is 0.00000127. The van der Waals surface area contributed by atoms with Crippen LogP contribution in [-0.4, -0.2) is 7.05 Å². The van der Waals surface area contributed by atoms with Gasteiger partial charge in [0.15, 0.2) is 0 Å². The maximum absolute atomic E-state index is 3.08. The second kappa shape index (κ2) is 10.4. The zero-order valence-electron chi connectivity index (χ0n) is 15.1. The van der Waals surface area contributed by atoms with Gasteiger partial charge in [-0.15, -0.1) is 0 Å². The second-order valence-electron chi connectivity index (χ2n) is 5.23. The van der Waals surface area contributed by atoms with E-state index in [9.17, 15) is 0 Å². The molecule has 0 amide bonds. The van der Waals surface area contributed by atoms with Crippen molar-refractivity contribution in [1.29, 1.82) is 0 Å². The highest BCUT2D eigenvalue weighted by Gasteiger charge is 2.02. The van der Waals surface area contributed by atoms with E-state index < -0.39 is 0 Å². The number of rotatable bonds is 5. The fraction of sp³-hybridized carbons (Fsp3) is 0.273. The van der Waals surface area contributed by atoms with Gasteiger partial charge in [0.05, 0.1) is 0 Å². The van der Waals surface area contributed by atoms with Crippen LogP contribution in [0.3, 0.4) is 0 Å². The molecular formula is C22H29N. The van der Waals surface area contributed by atoms with E-state index in [0.29, 0.717) is 0 Å². The van der Waals surface area contributed by atoms with Crippen LogP contribution >= 0.6 is 0 Å². The Kier molecular flexibility index (Phi) is 8.52. The lowest BCUT2D eigenvalue weighted by molar-refractivity contribution is 1.10. The fourth-order valence-electron chi connectivity index (χ4n) is 2.40. The van der Waals surface area contributed by atoms with Gasteiger partial charge in [0.25, 0.3) is 0 Å². The summed E-state index contributed by atoms with van der Waals surface area (Å²) in [5.74, 6) is 0. The molecule has 1 nitrogen and oxygen atoms in total. The van der Waals surface area contributed by atoms with Crippen molar-refractivity contribution in [3.8, 4) is 0 Å². The molecule has 1 heteroatoms. The van der Waals surface area contributed by atoms with Gasteiger partial charge in [0.2, 0.25) is 0 Å². The minimum atomic E-state index is 0.949. The lowest BCUT2D eigenvalue weighted by atomic mass is 9.97. The molecule has 0 spiro atoms. The van der Waals surface area contributed by atoms with Crippen LogP contribution in [0.1, 0.15) is 36.1 Å². The van der Waals surface area contributed by atoms with Crippen molar-refractivity contribution in [1.82, 2.24) is 5.32 Å². The first-order valence-corrected chi connectivity index (χ1v) is 8.37. The van der Waals surface area contributed by atoms with Crippen LogP contribution in [-0.2, 0) is 6.42 Å². The van der Waals surface area contributed by atoms with Crippen LogP contribution in [0.15, 0.2) is 66.9 Å². The molecule has 0 saturated carbocycles. The van der Waals surface area contributed by atoms with Crippen molar-refractivity contribution in [2.24, 2.45) is 0 Å². The molecule has 0 heterocycles. The third kappa shape index (κ3) is 5.78. The van der Waals surface area contributed by atoms with E-state index in [4.69, 9.17) is 0 Å². The smallest absolute Gasteiger partial charge is 0.00277 e. The molecular weight excluding hydrogens is 278 g/mol. The largest absolute Gasteiger partial charge is 0.394 e. The average Bonchev–Trinajstić information content (AvgIpc) is 2.59. The summed E-state index contributed by atoms with van der Waals surface area (Å²) < 4.78 is 0. The van der Waals surface area contributed by atoms with Crippen LogP contribution in [0.25, 0.3) is 5.57 Å². The molecule has 0 aliphatic rings. The third-order valence-corrected chi connectivity index (χ3v) is 3.69. The number of hydrogen-bond donors (Lipinski definition) is 1. The number of hydrogen-bond acceptors (Lipinski definition) is 1. The van der Waals surface area contributed by atoms with Crippen molar-refractivity contribution < 1.29 is 0 Å². The van der Waals surface area contributed by atoms with Gasteiger partial charge in [-0.3, -0.25) is 0 Å². The highest BCUT2D eigenvalue weighted by Crippen LogP contribution is 2.21. The fourth-order valence-corrected chi connectivity index (χ4v) is 2.40. The molecule has 0 radical (unpaired) electrons. The van der Waals surface area contributed by atoms with Gasteiger partial charge >= 0.3 is 0 Å². The summed E-state index contributed by atoms with van der Waals surface area (Å²) in [6.07, 6.45) is 7.37. The van der Waals surface area contributed by atoms with Crippen molar-refractivity contribution in [2.75, 3.05) is 7.05 Å². The Morgan fingerprint density at radius 3 is 2.13 bits per heavy atom. The SMILES string of the molecule is CC.CN/C=C\C(=C/Cc1ccccc1C)c1ccccc1C. The number of benzene rings is 2. The van der Waals surface area contributed by atoms with Gasteiger partial charge in [-0.1, -0.05) is 68.5 Å². The molecule has 2 aromatic rings. The van der Waals surface area contributed by atoms with E-state index in [0.717, 1.165) is 6.42 Å². The molecule has 0 aliphatic heterocycles. The van der Waals surface area contributed by atoms with Gasteiger partial charge in [0, 0.05) is 7.05 Å².